The second-order valence-electron chi connectivity index (χ2n) is 4.06. The quantitative estimate of drug-likeness (QED) is 0.605. The van der Waals surface area contributed by atoms with Gasteiger partial charge < -0.3 is 4.74 Å². The smallest absolute Gasteiger partial charge is 0.0589 e. The van der Waals surface area contributed by atoms with Gasteiger partial charge in [-0.15, -0.1) is 0 Å². The van der Waals surface area contributed by atoms with Crippen LogP contribution in [0.2, 0.25) is 0 Å². The lowest BCUT2D eigenvalue weighted by molar-refractivity contribution is -0.0671. The third kappa shape index (κ3) is 1.30. The van der Waals surface area contributed by atoms with E-state index in [2.05, 4.69) is 4.90 Å². The minimum absolute atomic E-state index is 0.785. The topological polar surface area (TPSA) is 12.5 Å². The van der Waals surface area contributed by atoms with Crippen LogP contribution in [-0.4, -0.2) is 38.3 Å². The maximum atomic E-state index is 5.03. The van der Waals surface area contributed by atoms with Gasteiger partial charge in [0.15, 0.2) is 0 Å². The second-order valence-corrected chi connectivity index (χ2v) is 4.06. The van der Waals surface area contributed by atoms with E-state index in [1.54, 1.807) is 7.11 Å². The maximum Gasteiger partial charge on any atom is 0.0589 e. The van der Waals surface area contributed by atoms with Crippen LogP contribution >= 0.6 is 0 Å². The first-order valence-corrected chi connectivity index (χ1v) is 4.56. The number of hydrogen-bond acceptors (Lipinski definition) is 2. The molecular formula is C9H17NO. The number of nitrogens with zero attached hydrogens (tertiary/aromatic N) is 1. The fraction of sp³-hybridized carbons (Fsp3) is 1.00. The molecule has 0 atom stereocenters. The Kier molecular flexibility index (Phi) is 1.90. The fourth-order valence-corrected chi connectivity index (χ4v) is 2.27. The molecule has 0 aromatic carbocycles. The molecule has 0 aromatic heterocycles. The standard InChI is InChI=1S/C9H17NO/c1-11-6-5-10-7-9(8-10)3-2-4-9/h2-8H2,1H3. The summed E-state index contributed by atoms with van der Waals surface area (Å²) in [5, 5.41) is 0. The number of methoxy groups -OCH3 is 1. The van der Waals surface area contributed by atoms with Crippen LogP contribution in [0.3, 0.4) is 0 Å². The van der Waals surface area contributed by atoms with E-state index < -0.39 is 0 Å². The molecular weight excluding hydrogens is 138 g/mol. The van der Waals surface area contributed by atoms with Crippen LogP contribution in [0.25, 0.3) is 0 Å². The first kappa shape index (κ1) is 7.56. The van der Waals surface area contributed by atoms with Crippen molar-refractivity contribution in [2.24, 2.45) is 5.41 Å². The van der Waals surface area contributed by atoms with Gasteiger partial charge in [0, 0.05) is 26.7 Å². The predicted molar refractivity (Wildman–Crippen MR) is 44.6 cm³/mol. The minimum atomic E-state index is 0.785. The largest absolute Gasteiger partial charge is 0.383 e. The molecule has 1 spiro atoms. The molecule has 11 heavy (non-hydrogen) atoms. The van der Waals surface area contributed by atoms with Crippen molar-refractivity contribution in [2.45, 2.75) is 19.3 Å². The lowest BCUT2D eigenvalue weighted by atomic mass is 9.63. The Morgan fingerprint density at radius 1 is 1.36 bits per heavy atom. The van der Waals surface area contributed by atoms with E-state index >= 15 is 0 Å². The fourth-order valence-electron chi connectivity index (χ4n) is 2.27. The maximum absolute atomic E-state index is 5.03. The van der Waals surface area contributed by atoms with E-state index in [0.29, 0.717) is 0 Å². The van der Waals surface area contributed by atoms with Crippen LogP contribution in [0.5, 0.6) is 0 Å². The van der Waals surface area contributed by atoms with Crippen LogP contribution in [-0.2, 0) is 4.74 Å². The van der Waals surface area contributed by atoms with E-state index in [9.17, 15) is 0 Å². The Hall–Kier alpha value is -0.0800. The summed E-state index contributed by atoms with van der Waals surface area (Å²) in [6.45, 7) is 4.72. The molecule has 1 heterocycles. The van der Waals surface area contributed by atoms with Gasteiger partial charge in [-0.1, -0.05) is 6.42 Å². The minimum Gasteiger partial charge on any atom is -0.383 e. The van der Waals surface area contributed by atoms with Crippen LogP contribution in [0.4, 0.5) is 0 Å². The molecule has 1 saturated carbocycles. The predicted octanol–water partition coefficient (Wildman–Crippen LogP) is 1.12. The van der Waals surface area contributed by atoms with Crippen molar-refractivity contribution in [1.29, 1.82) is 0 Å². The molecule has 1 aliphatic carbocycles. The van der Waals surface area contributed by atoms with Crippen molar-refractivity contribution in [1.82, 2.24) is 4.90 Å². The number of rotatable bonds is 3. The molecule has 2 rings (SSSR count). The van der Waals surface area contributed by atoms with Crippen molar-refractivity contribution >= 4 is 0 Å². The van der Waals surface area contributed by atoms with Gasteiger partial charge >= 0.3 is 0 Å². The van der Waals surface area contributed by atoms with E-state index in [4.69, 9.17) is 4.74 Å². The van der Waals surface area contributed by atoms with E-state index in [1.165, 1.54) is 32.4 Å². The first-order chi connectivity index (χ1) is 5.35. The molecule has 2 aliphatic rings. The molecule has 0 aromatic rings. The summed E-state index contributed by atoms with van der Waals surface area (Å²) < 4.78 is 5.03. The highest BCUT2D eigenvalue weighted by Gasteiger charge is 2.46. The SMILES string of the molecule is COCCN1CC2(CCC2)C1. The molecule has 2 nitrogen and oxygen atoms in total. The highest BCUT2D eigenvalue weighted by Crippen LogP contribution is 2.47. The van der Waals surface area contributed by atoms with Gasteiger partial charge in [0.25, 0.3) is 0 Å². The van der Waals surface area contributed by atoms with Crippen LogP contribution in [0.15, 0.2) is 0 Å². The highest BCUT2D eigenvalue weighted by atomic mass is 16.5. The van der Waals surface area contributed by atoms with Gasteiger partial charge in [0.1, 0.15) is 0 Å². The lowest BCUT2D eigenvalue weighted by Gasteiger charge is -2.56. The Bertz CT molecular complexity index is 134. The summed E-state index contributed by atoms with van der Waals surface area (Å²) in [6, 6.07) is 0. The van der Waals surface area contributed by atoms with Crippen LogP contribution < -0.4 is 0 Å². The van der Waals surface area contributed by atoms with Crippen molar-refractivity contribution in [3.8, 4) is 0 Å². The van der Waals surface area contributed by atoms with Crippen LogP contribution in [0, 0.1) is 5.41 Å². The van der Waals surface area contributed by atoms with Crippen molar-refractivity contribution in [3.05, 3.63) is 0 Å². The molecule has 0 unspecified atom stereocenters. The van der Waals surface area contributed by atoms with Gasteiger partial charge in [0.2, 0.25) is 0 Å². The van der Waals surface area contributed by atoms with Crippen molar-refractivity contribution < 1.29 is 4.74 Å². The molecule has 0 bridgehead atoms. The van der Waals surface area contributed by atoms with Gasteiger partial charge in [0.05, 0.1) is 6.61 Å². The summed E-state index contributed by atoms with van der Waals surface area (Å²) in [5.41, 5.74) is 0.785. The Morgan fingerprint density at radius 3 is 2.55 bits per heavy atom. The molecule has 1 saturated heterocycles. The summed E-state index contributed by atoms with van der Waals surface area (Å²) in [7, 11) is 1.78. The molecule has 0 radical (unpaired) electrons. The molecule has 64 valence electrons. The highest BCUT2D eigenvalue weighted by molar-refractivity contribution is 5.00. The molecule has 2 heteroatoms. The van der Waals surface area contributed by atoms with Crippen molar-refractivity contribution in [2.75, 3.05) is 33.4 Å². The van der Waals surface area contributed by atoms with Gasteiger partial charge in [-0.25, -0.2) is 0 Å². The molecule has 1 aliphatic heterocycles. The van der Waals surface area contributed by atoms with E-state index in [-0.39, 0.29) is 0 Å². The van der Waals surface area contributed by atoms with Crippen molar-refractivity contribution in [3.63, 3.8) is 0 Å². The number of hydrogen-bond donors (Lipinski definition) is 0. The van der Waals surface area contributed by atoms with Gasteiger partial charge in [-0.3, -0.25) is 4.90 Å². The Labute approximate surface area is 68.5 Å². The Balaban J connectivity index is 1.63. The van der Waals surface area contributed by atoms with Gasteiger partial charge in [-0.05, 0) is 18.3 Å². The summed E-state index contributed by atoms with van der Waals surface area (Å²) in [5.74, 6) is 0. The second kappa shape index (κ2) is 2.76. The number of ether oxygens (including phenoxy) is 1. The van der Waals surface area contributed by atoms with Crippen LogP contribution in [0.1, 0.15) is 19.3 Å². The molecule has 2 fully saturated rings. The Morgan fingerprint density at radius 2 is 2.09 bits per heavy atom. The normalized spacial score (nSPS) is 28.1. The lowest BCUT2D eigenvalue weighted by Crippen LogP contribution is -2.60. The average molecular weight is 155 g/mol. The zero-order valence-electron chi connectivity index (χ0n) is 7.31. The van der Waals surface area contributed by atoms with E-state index in [0.717, 1.165) is 18.6 Å². The van der Waals surface area contributed by atoms with E-state index in [1.807, 2.05) is 0 Å². The zero-order valence-corrected chi connectivity index (χ0v) is 7.31. The van der Waals surface area contributed by atoms with Gasteiger partial charge in [-0.2, -0.15) is 0 Å². The third-order valence-electron chi connectivity index (χ3n) is 3.14. The number of likely N-dealkylation sites (tertiary alicyclic amines) is 1. The average Bonchev–Trinajstić information content (AvgIpc) is 1.81. The monoisotopic (exact) mass is 155 g/mol. The zero-order chi connectivity index (χ0) is 7.73. The third-order valence-corrected chi connectivity index (χ3v) is 3.14. The summed E-state index contributed by atoms with van der Waals surface area (Å²) in [4.78, 5) is 2.50. The molecule has 0 N–H and O–H groups in total. The summed E-state index contributed by atoms with van der Waals surface area (Å²) in [6.07, 6.45) is 4.44. The summed E-state index contributed by atoms with van der Waals surface area (Å²) >= 11 is 0. The molecule has 0 amide bonds. The first-order valence-electron chi connectivity index (χ1n) is 4.56.